The summed E-state index contributed by atoms with van der Waals surface area (Å²) in [6.45, 7) is 0. The predicted octanol–water partition coefficient (Wildman–Crippen LogP) is 1.99. The van der Waals surface area contributed by atoms with E-state index in [9.17, 15) is 4.79 Å². The summed E-state index contributed by atoms with van der Waals surface area (Å²) in [4.78, 5) is 14.2. The lowest BCUT2D eigenvalue weighted by molar-refractivity contribution is -0.140. The molecule has 0 aliphatic heterocycles. The van der Waals surface area contributed by atoms with Gasteiger partial charge in [0.05, 0.1) is 7.11 Å². The van der Waals surface area contributed by atoms with Crippen LogP contribution in [0.1, 0.15) is 18.4 Å². The van der Waals surface area contributed by atoms with Crippen LogP contribution in [0.2, 0.25) is 0 Å². The van der Waals surface area contributed by atoms with E-state index >= 15 is 0 Å². The van der Waals surface area contributed by atoms with E-state index < -0.39 is 0 Å². The zero-order valence-corrected chi connectivity index (χ0v) is 10.5. The minimum atomic E-state index is -0.202. The van der Waals surface area contributed by atoms with Gasteiger partial charge in [-0.15, -0.1) is 0 Å². The second kappa shape index (κ2) is 5.69. The third-order valence-electron chi connectivity index (χ3n) is 3.06. The van der Waals surface area contributed by atoms with Gasteiger partial charge in [-0.1, -0.05) is 6.07 Å². The fraction of sp³-hybridized carbons (Fsp3) is 0.357. The van der Waals surface area contributed by atoms with E-state index in [4.69, 9.17) is 5.73 Å². The van der Waals surface area contributed by atoms with E-state index in [1.54, 1.807) is 0 Å². The molecule has 0 bridgehead atoms. The summed E-state index contributed by atoms with van der Waals surface area (Å²) in [6.07, 6.45) is 3.73. The molecule has 2 aromatic rings. The van der Waals surface area contributed by atoms with Crippen molar-refractivity contribution in [3.63, 3.8) is 0 Å². The van der Waals surface area contributed by atoms with E-state index in [-0.39, 0.29) is 12.0 Å². The Balaban J connectivity index is 1.93. The van der Waals surface area contributed by atoms with Crippen LogP contribution >= 0.6 is 0 Å². The van der Waals surface area contributed by atoms with Gasteiger partial charge in [0.2, 0.25) is 0 Å². The van der Waals surface area contributed by atoms with Crippen molar-refractivity contribution < 1.29 is 9.53 Å². The molecule has 0 aliphatic rings. The topological polar surface area (TPSA) is 68.1 Å². The first-order valence-corrected chi connectivity index (χ1v) is 6.07. The van der Waals surface area contributed by atoms with Crippen LogP contribution in [0.5, 0.6) is 0 Å². The molecule has 0 fully saturated rings. The Kier molecular flexibility index (Phi) is 3.99. The zero-order valence-electron chi connectivity index (χ0n) is 10.5. The van der Waals surface area contributed by atoms with Crippen LogP contribution in [0.4, 0.5) is 0 Å². The number of aromatic amines is 1. The number of H-pyrrole nitrogens is 1. The molecule has 0 saturated carbocycles. The lowest BCUT2D eigenvalue weighted by Gasteiger charge is -2.10. The highest BCUT2D eigenvalue weighted by molar-refractivity contribution is 5.79. The molecule has 0 saturated heterocycles. The summed E-state index contributed by atoms with van der Waals surface area (Å²) in [5.41, 5.74) is 8.33. The number of carbonyl (C=O) groups excluding carboxylic acids is 1. The summed E-state index contributed by atoms with van der Waals surface area (Å²) < 4.78 is 4.60. The number of nitrogens with one attached hydrogen (secondary N) is 1. The molecular formula is C14H18N2O2. The number of esters is 1. The van der Waals surface area contributed by atoms with Gasteiger partial charge in [0.15, 0.2) is 0 Å². The van der Waals surface area contributed by atoms with Crippen LogP contribution in [-0.4, -0.2) is 24.1 Å². The maximum atomic E-state index is 11.0. The van der Waals surface area contributed by atoms with Gasteiger partial charge >= 0.3 is 5.97 Å². The highest BCUT2D eigenvalue weighted by Crippen LogP contribution is 2.16. The Bertz CT molecular complexity index is 533. The van der Waals surface area contributed by atoms with Crippen LogP contribution in [0.15, 0.2) is 30.5 Å². The largest absolute Gasteiger partial charge is 0.469 e. The molecule has 1 unspecified atom stereocenters. The van der Waals surface area contributed by atoms with Crippen molar-refractivity contribution in [2.24, 2.45) is 5.73 Å². The summed E-state index contributed by atoms with van der Waals surface area (Å²) in [5, 5.41) is 1.19. The number of hydrogen-bond donors (Lipinski definition) is 2. The van der Waals surface area contributed by atoms with Crippen LogP contribution < -0.4 is 5.73 Å². The molecule has 0 radical (unpaired) electrons. The smallest absolute Gasteiger partial charge is 0.305 e. The average molecular weight is 246 g/mol. The van der Waals surface area contributed by atoms with E-state index in [1.807, 2.05) is 12.3 Å². The van der Waals surface area contributed by atoms with Crippen molar-refractivity contribution >= 4 is 16.9 Å². The fourth-order valence-corrected chi connectivity index (χ4v) is 2.04. The van der Waals surface area contributed by atoms with Crippen molar-refractivity contribution in [1.29, 1.82) is 0 Å². The number of aromatic nitrogens is 1. The number of benzene rings is 1. The molecule has 0 aliphatic carbocycles. The molecule has 1 aromatic carbocycles. The summed E-state index contributed by atoms with van der Waals surface area (Å²) in [5.74, 6) is -0.202. The summed E-state index contributed by atoms with van der Waals surface area (Å²) in [6, 6.07) is 8.28. The Hall–Kier alpha value is -1.81. The van der Waals surface area contributed by atoms with Crippen LogP contribution in [0, 0.1) is 0 Å². The van der Waals surface area contributed by atoms with Gasteiger partial charge in [-0.3, -0.25) is 4.79 Å². The first-order chi connectivity index (χ1) is 8.69. The highest BCUT2D eigenvalue weighted by atomic mass is 16.5. The molecule has 1 heterocycles. The van der Waals surface area contributed by atoms with Gasteiger partial charge in [0.1, 0.15) is 0 Å². The molecule has 3 N–H and O–H groups in total. The van der Waals surface area contributed by atoms with E-state index in [1.165, 1.54) is 18.1 Å². The van der Waals surface area contributed by atoms with Crippen molar-refractivity contribution in [3.05, 3.63) is 36.0 Å². The van der Waals surface area contributed by atoms with Gasteiger partial charge in [0.25, 0.3) is 0 Å². The van der Waals surface area contributed by atoms with Crippen molar-refractivity contribution in [1.82, 2.24) is 4.98 Å². The molecule has 1 aromatic heterocycles. The molecule has 4 nitrogen and oxygen atoms in total. The third-order valence-corrected chi connectivity index (χ3v) is 3.06. The highest BCUT2D eigenvalue weighted by Gasteiger charge is 2.08. The van der Waals surface area contributed by atoms with Gasteiger partial charge in [-0.05, 0) is 42.0 Å². The van der Waals surface area contributed by atoms with Gasteiger partial charge < -0.3 is 15.5 Å². The fourth-order valence-electron chi connectivity index (χ4n) is 2.04. The van der Waals surface area contributed by atoms with Crippen molar-refractivity contribution in [2.75, 3.05) is 7.11 Å². The Morgan fingerprint density at radius 2 is 2.28 bits per heavy atom. The molecule has 1 atom stereocenters. The first kappa shape index (κ1) is 12.6. The quantitative estimate of drug-likeness (QED) is 0.793. The Morgan fingerprint density at radius 1 is 1.44 bits per heavy atom. The standard InChI is InChI=1S/C14H18N2O2/c1-18-14(17)5-3-12(15)9-10-2-4-13-11(8-10)6-7-16-13/h2,4,6-8,12,16H,3,5,9,15H2,1H3. The maximum absolute atomic E-state index is 11.0. The molecular weight excluding hydrogens is 228 g/mol. The molecule has 4 heteroatoms. The minimum absolute atomic E-state index is 0.0134. The SMILES string of the molecule is COC(=O)CCC(N)Cc1ccc2[nH]ccc2c1. The number of rotatable bonds is 5. The van der Waals surface area contributed by atoms with Crippen molar-refractivity contribution in [3.8, 4) is 0 Å². The number of methoxy groups -OCH3 is 1. The van der Waals surface area contributed by atoms with Gasteiger partial charge in [-0.2, -0.15) is 0 Å². The number of nitrogens with two attached hydrogens (primary N) is 1. The second-order valence-electron chi connectivity index (χ2n) is 4.48. The molecule has 0 spiro atoms. The van der Waals surface area contributed by atoms with Crippen molar-refractivity contribution in [2.45, 2.75) is 25.3 Å². The monoisotopic (exact) mass is 246 g/mol. The summed E-state index contributed by atoms with van der Waals surface area (Å²) >= 11 is 0. The normalized spacial score (nSPS) is 12.6. The van der Waals surface area contributed by atoms with E-state index in [0.29, 0.717) is 12.8 Å². The maximum Gasteiger partial charge on any atom is 0.305 e. The van der Waals surface area contributed by atoms with Crippen LogP contribution in [-0.2, 0) is 16.0 Å². The molecule has 2 rings (SSSR count). The molecule has 0 amide bonds. The minimum Gasteiger partial charge on any atom is -0.469 e. The number of carbonyl (C=O) groups is 1. The van der Waals surface area contributed by atoms with Gasteiger partial charge in [0, 0.05) is 24.2 Å². The lowest BCUT2D eigenvalue weighted by atomic mass is 10.0. The predicted molar refractivity (Wildman–Crippen MR) is 71.2 cm³/mol. The first-order valence-electron chi connectivity index (χ1n) is 6.07. The molecule has 96 valence electrons. The van der Waals surface area contributed by atoms with Crippen LogP contribution in [0.3, 0.4) is 0 Å². The van der Waals surface area contributed by atoms with E-state index in [2.05, 4.69) is 27.9 Å². The average Bonchev–Trinajstić information content (AvgIpc) is 2.83. The number of fused-ring (bicyclic) bond motifs is 1. The zero-order chi connectivity index (χ0) is 13.0. The second-order valence-corrected chi connectivity index (χ2v) is 4.48. The Labute approximate surface area is 106 Å². The summed E-state index contributed by atoms with van der Waals surface area (Å²) in [7, 11) is 1.40. The lowest BCUT2D eigenvalue weighted by Crippen LogP contribution is -2.24. The number of hydrogen-bond acceptors (Lipinski definition) is 3. The van der Waals surface area contributed by atoms with Gasteiger partial charge in [-0.25, -0.2) is 0 Å². The number of ether oxygens (including phenoxy) is 1. The Morgan fingerprint density at radius 3 is 3.06 bits per heavy atom. The third kappa shape index (κ3) is 3.11. The molecule has 18 heavy (non-hydrogen) atoms. The van der Waals surface area contributed by atoms with Crippen LogP contribution in [0.25, 0.3) is 10.9 Å². The van der Waals surface area contributed by atoms with E-state index in [0.717, 1.165) is 11.9 Å².